The fraction of sp³-hybridized carbons (Fsp3) is 0.174. The van der Waals surface area contributed by atoms with E-state index in [1.807, 2.05) is 13.0 Å². The normalized spacial score (nSPS) is 10.9. The number of carbonyl (C=O) groups excluding carboxylic acids is 1. The molecule has 0 saturated carbocycles. The Morgan fingerprint density at radius 1 is 1.03 bits per heavy atom. The second-order valence-electron chi connectivity index (χ2n) is 7.11. The molecule has 0 saturated heterocycles. The van der Waals surface area contributed by atoms with Gasteiger partial charge in [-0.25, -0.2) is 13.2 Å². The molecule has 0 aliphatic heterocycles. The van der Waals surface area contributed by atoms with Crippen molar-refractivity contribution in [3.8, 4) is 0 Å². The van der Waals surface area contributed by atoms with Gasteiger partial charge < -0.3 is 16.0 Å². The molecule has 3 rings (SSSR count). The van der Waals surface area contributed by atoms with E-state index in [0.29, 0.717) is 35.6 Å². The van der Waals surface area contributed by atoms with Crippen molar-refractivity contribution < 1.29 is 13.2 Å². The number of pyridine rings is 1. The van der Waals surface area contributed by atoms with Crippen LogP contribution in [0.1, 0.15) is 30.9 Å². The summed E-state index contributed by atoms with van der Waals surface area (Å²) in [7, 11) is -3.82. The number of hydrogen-bond acceptors (Lipinski definition) is 5. The van der Waals surface area contributed by atoms with Gasteiger partial charge in [-0.15, -0.1) is 0 Å². The second kappa shape index (κ2) is 10.5. The highest BCUT2D eigenvalue weighted by atomic mass is 32.2. The lowest BCUT2D eigenvalue weighted by Crippen LogP contribution is -2.28. The van der Waals surface area contributed by atoms with Crippen molar-refractivity contribution in [3.63, 3.8) is 0 Å². The molecule has 1 heterocycles. The summed E-state index contributed by atoms with van der Waals surface area (Å²) in [4.78, 5) is 16.1. The third-order valence-corrected chi connectivity index (χ3v) is 5.96. The van der Waals surface area contributed by atoms with Crippen molar-refractivity contribution >= 4 is 33.1 Å². The third kappa shape index (κ3) is 6.39. The third-order valence-electron chi connectivity index (χ3n) is 4.56. The molecule has 166 valence electrons. The molecule has 0 aliphatic rings. The van der Waals surface area contributed by atoms with Crippen LogP contribution in [0.3, 0.4) is 0 Å². The molecule has 0 atom stereocenters. The van der Waals surface area contributed by atoms with Crippen LogP contribution in [-0.2, 0) is 16.6 Å². The maximum absolute atomic E-state index is 12.7. The maximum Gasteiger partial charge on any atom is 0.319 e. The van der Waals surface area contributed by atoms with E-state index in [9.17, 15) is 13.2 Å². The SMILES string of the molecule is CCCC(=N)c1cccc(NS(=O)(=O)c2ccc(NC(=O)NCc3cccnc3)cc2)c1. The summed E-state index contributed by atoms with van der Waals surface area (Å²) in [6.45, 7) is 2.31. The number of hydrogen-bond donors (Lipinski definition) is 4. The molecule has 0 unspecified atom stereocenters. The van der Waals surface area contributed by atoms with Gasteiger partial charge in [0.15, 0.2) is 0 Å². The number of carbonyl (C=O) groups is 1. The van der Waals surface area contributed by atoms with Crippen LogP contribution in [-0.4, -0.2) is 25.1 Å². The summed E-state index contributed by atoms with van der Waals surface area (Å²) in [6, 6.07) is 15.9. The summed E-state index contributed by atoms with van der Waals surface area (Å²) < 4.78 is 28.0. The number of benzene rings is 2. The van der Waals surface area contributed by atoms with E-state index in [2.05, 4.69) is 20.3 Å². The van der Waals surface area contributed by atoms with E-state index in [0.717, 1.165) is 12.0 Å². The largest absolute Gasteiger partial charge is 0.334 e. The zero-order valence-corrected chi connectivity index (χ0v) is 18.4. The quantitative estimate of drug-likeness (QED) is 0.361. The molecule has 32 heavy (non-hydrogen) atoms. The first kappa shape index (κ1) is 23.0. The van der Waals surface area contributed by atoms with E-state index in [1.54, 1.807) is 42.7 Å². The minimum atomic E-state index is -3.82. The Labute approximate surface area is 187 Å². The van der Waals surface area contributed by atoms with Gasteiger partial charge in [0.25, 0.3) is 10.0 Å². The number of nitrogens with zero attached hydrogens (tertiary/aromatic N) is 1. The molecule has 2 amide bonds. The van der Waals surface area contributed by atoms with Crippen LogP contribution in [0, 0.1) is 5.41 Å². The van der Waals surface area contributed by atoms with Gasteiger partial charge in [0, 0.05) is 36.0 Å². The Bertz CT molecular complexity index is 1180. The lowest BCUT2D eigenvalue weighted by molar-refractivity contribution is 0.251. The van der Waals surface area contributed by atoms with Crippen molar-refractivity contribution in [2.45, 2.75) is 31.2 Å². The molecule has 9 heteroatoms. The first-order valence-electron chi connectivity index (χ1n) is 10.1. The van der Waals surface area contributed by atoms with Crippen LogP contribution in [0.25, 0.3) is 0 Å². The van der Waals surface area contributed by atoms with E-state index in [-0.39, 0.29) is 4.90 Å². The Hall–Kier alpha value is -3.72. The fourth-order valence-corrected chi connectivity index (χ4v) is 4.01. The van der Waals surface area contributed by atoms with Gasteiger partial charge >= 0.3 is 6.03 Å². The minimum absolute atomic E-state index is 0.0628. The monoisotopic (exact) mass is 451 g/mol. The van der Waals surface area contributed by atoms with E-state index in [4.69, 9.17) is 5.41 Å². The van der Waals surface area contributed by atoms with Crippen LogP contribution in [0.2, 0.25) is 0 Å². The summed E-state index contributed by atoms with van der Waals surface area (Å²) in [5.41, 5.74) is 2.86. The van der Waals surface area contributed by atoms with Gasteiger partial charge in [-0.1, -0.05) is 31.5 Å². The number of amides is 2. The highest BCUT2D eigenvalue weighted by Crippen LogP contribution is 2.20. The average Bonchev–Trinajstić information content (AvgIpc) is 2.79. The Kier molecular flexibility index (Phi) is 7.56. The molecule has 8 nitrogen and oxygen atoms in total. The predicted molar refractivity (Wildman–Crippen MR) is 126 cm³/mol. The molecule has 0 spiro atoms. The maximum atomic E-state index is 12.7. The summed E-state index contributed by atoms with van der Waals surface area (Å²) in [5.74, 6) is 0. The molecule has 0 bridgehead atoms. The molecule has 0 radical (unpaired) electrons. The van der Waals surface area contributed by atoms with Crippen molar-refractivity contribution in [1.82, 2.24) is 10.3 Å². The van der Waals surface area contributed by atoms with E-state index in [1.165, 1.54) is 24.3 Å². The molecule has 0 aliphatic carbocycles. The summed E-state index contributed by atoms with van der Waals surface area (Å²) in [6.07, 6.45) is 4.79. The molecule has 1 aromatic heterocycles. The van der Waals surface area contributed by atoms with Gasteiger partial charge in [0.05, 0.1) is 4.90 Å². The van der Waals surface area contributed by atoms with E-state index < -0.39 is 16.1 Å². The number of aromatic nitrogens is 1. The standard InChI is InChI=1S/C23H25N5O3S/c1-2-5-22(24)18-7-3-8-20(14-18)28-32(30,31)21-11-9-19(10-12-21)27-23(29)26-16-17-6-4-13-25-15-17/h3-4,6-15,24,28H,2,5,16H2,1H3,(H2,26,27,29). The van der Waals surface area contributed by atoms with Gasteiger partial charge in [0.1, 0.15) is 0 Å². The Morgan fingerprint density at radius 2 is 1.81 bits per heavy atom. The number of sulfonamides is 1. The van der Waals surface area contributed by atoms with Gasteiger partial charge in [0.2, 0.25) is 0 Å². The average molecular weight is 452 g/mol. The van der Waals surface area contributed by atoms with Crippen molar-refractivity contribution in [3.05, 3.63) is 84.2 Å². The molecule has 0 fully saturated rings. The summed E-state index contributed by atoms with van der Waals surface area (Å²) >= 11 is 0. The van der Waals surface area contributed by atoms with E-state index >= 15 is 0 Å². The van der Waals surface area contributed by atoms with Crippen LogP contribution >= 0.6 is 0 Å². The Morgan fingerprint density at radius 3 is 2.50 bits per heavy atom. The van der Waals surface area contributed by atoms with Gasteiger partial charge in [-0.3, -0.25) is 9.71 Å². The van der Waals surface area contributed by atoms with Gasteiger partial charge in [-0.05, 0) is 60.0 Å². The minimum Gasteiger partial charge on any atom is -0.334 e. The lowest BCUT2D eigenvalue weighted by atomic mass is 10.1. The number of rotatable bonds is 9. The van der Waals surface area contributed by atoms with Crippen LogP contribution in [0.5, 0.6) is 0 Å². The first-order chi connectivity index (χ1) is 15.4. The van der Waals surface area contributed by atoms with Crippen molar-refractivity contribution in [2.75, 3.05) is 10.0 Å². The van der Waals surface area contributed by atoms with Crippen molar-refractivity contribution in [2.24, 2.45) is 0 Å². The van der Waals surface area contributed by atoms with Crippen molar-refractivity contribution in [1.29, 1.82) is 5.41 Å². The molecule has 3 aromatic rings. The molecule has 4 N–H and O–H groups in total. The second-order valence-corrected chi connectivity index (χ2v) is 8.79. The summed E-state index contributed by atoms with van der Waals surface area (Å²) in [5, 5.41) is 13.4. The van der Waals surface area contributed by atoms with Crippen LogP contribution in [0.15, 0.2) is 78.0 Å². The predicted octanol–water partition coefficient (Wildman–Crippen LogP) is 4.37. The zero-order valence-electron chi connectivity index (χ0n) is 17.6. The lowest BCUT2D eigenvalue weighted by Gasteiger charge is -2.11. The highest BCUT2D eigenvalue weighted by Gasteiger charge is 2.15. The number of anilines is 2. The van der Waals surface area contributed by atoms with Crippen LogP contribution < -0.4 is 15.4 Å². The Balaban J connectivity index is 1.61. The molecular formula is C23H25N5O3S. The smallest absolute Gasteiger partial charge is 0.319 e. The number of nitrogens with one attached hydrogen (secondary N) is 4. The molecular weight excluding hydrogens is 426 g/mol. The van der Waals surface area contributed by atoms with Crippen LogP contribution in [0.4, 0.5) is 16.2 Å². The molecule has 2 aromatic carbocycles. The highest BCUT2D eigenvalue weighted by molar-refractivity contribution is 7.92. The van der Waals surface area contributed by atoms with Gasteiger partial charge in [-0.2, -0.15) is 0 Å². The zero-order chi connectivity index (χ0) is 23.0. The first-order valence-corrected chi connectivity index (χ1v) is 11.6. The fourth-order valence-electron chi connectivity index (χ4n) is 2.96. The topological polar surface area (TPSA) is 124 Å². The number of urea groups is 1.